The summed E-state index contributed by atoms with van der Waals surface area (Å²) in [6, 6.07) is 0.579. The first kappa shape index (κ1) is 10.7. The van der Waals surface area contributed by atoms with Crippen LogP contribution in [-0.4, -0.2) is 53.6 Å². The molecule has 0 aromatic heterocycles. The van der Waals surface area contributed by atoms with Crippen molar-refractivity contribution in [1.82, 2.24) is 15.1 Å². The molecule has 0 radical (unpaired) electrons. The van der Waals surface area contributed by atoms with Gasteiger partial charge in [0.25, 0.3) is 0 Å². The van der Waals surface area contributed by atoms with Crippen LogP contribution in [0.25, 0.3) is 0 Å². The third-order valence-corrected chi connectivity index (χ3v) is 3.95. The molecule has 0 aromatic carbocycles. The Balaban J connectivity index is 1.89. The Morgan fingerprint density at radius 2 is 2.24 bits per heavy atom. The Labute approximate surface area is 101 Å². The molecule has 0 aromatic rings. The molecule has 3 rings (SSSR count). The molecule has 0 saturated carbocycles. The minimum Gasteiger partial charge on any atom is -0.364 e. The first-order valence-corrected chi connectivity index (χ1v) is 6.16. The maximum atomic E-state index is 11.5. The van der Waals surface area contributed by atoms with Crippen molar-refractivity contribution in [2.75, 3.05) is 19.6 Å². The number of piperazine rings is 1. The van der Waals surface area contributed by atoms with Crippen LogP contribution in [0.1, 0.15) is 6.42 Å². The summed E-state index contributed by atoms with van der Waals surface area (Å²) in [6.07, 6.45) is 9.46. The number of hydrogen-bond donors (Lipinski definition) is 2. The van der Waals surface area contributed by atoms with Gasteiger partial charge in [-0.1, -0.05) is 12.2 Å². The molecule has 5 heteroatoms. The van der Waals surface area contributed by atoms with Crippen LogP contribution in [-0.2, 0) is 0 Å². The lowest BCUT2D eigenvalue weighted by Crippen LogP contribution is -2.68. The number of allylic oxidation sites excluding steroid dienone is 2. The van der Waals surface area contributed by atoms with E-state index >= 15 is 0 Å². The predicted molar refractivity (Wildman–Crippen MR) is 65.3 cm³/mol. The van der Waals surface area contributed by atoms with Crippen molar-refractivity contribution in [3.63, 3.8) is 0 Å². The summed E-state index contributed by atoms with van der Waals surface area (Å²) in [4.78, 5) is 15.7. The largest absolute Gasteiger partial charge is 0.364 e. The number of nitrogens with zero attached hydrogens (tertiary/aromatic N) is 2. The number of fused-ring (bicyclic) bond motifs is 3. The van der Waals surface area contributed by atoms with Crippen molar-refractivity contribution in [3.8, 4) is 0 Å². The van der Waals surface area contributed by atoms with E-state index in [2.05, 4.69) is 28.6 Å². The number of nitrogens with two attached hydrogens (primary N) is 1. The van der Waals surface area contributed by atoms with Crippen LogP contribution in [0.4, 0.5) is 4.79 Å². The highest BCUT2D eigenvalue weighted by Crippen LogP contribution is 2.28. The minimum absolute atomic E-state index is 0.202. The summed E-state index contributed by atoms with van der Waals surface area (Å²) in [6.45, 7) is 2.54. The van der Waals surface area contributed by atoms with Gasteiger partial charge in [0, 0.05) is 19.3 Å². The van der Waals surface area contributed by atoms with E-state index in [-0.39, 0.29) is 18.1 Å². The van der Waals surface area contributed by atoms with E-state index in [1.165, 1.54) is 0 Å². The Morgan fingerprint density at radius 3 is 3.06 bits per heavy atom. The molecule has 2 saturated heterocycles. The van der Waals surface area contributed by atoms with Gasteiger partial charge in [0.1, 0.15) is 0 Å². The van der Waals surface area contributed by atoms with Crippen molar-refractivity contribution in [2.24, 2.45) is 5.73 Å². The molecule has 0 aliphatic carbocycles. The summed E-state index contributed by atoms with van der Waals surface area (Å²) < 4.78 is 0. The van der Waals surface area contributed by atoms with E-state index in [0.29, 0.717) is 12.6 Å². The lowest BCUT2D eigenvalue weighted by Gasteiger charge is -2.53. The molecule has 3 N–H and O–H groups in total. The molecule has 5 nitrogen and oxygen atoms in total. The predicted octanol–water partition coefficient (Wildman–Crippen LogP) is -0.135. The fourth-order valence-electron chi connectivity index (χ4n) is 3.15. The quantitative estimate of drug-likeness (QED) is 0.613. The van der Waals surface area contributed by atoms with Gasteiger partial charge in [0.15, 0.2) is 0 Å². The molecular formula is C12H18N4O. The molecule has 3 unspecified atom stereocenters. The third-order valence-electron chi connectivity index (χ3n) is 3.95. The maximum absolute atomic E-state index is 11.5. The van der Waals surface area contributed by atoms with Crippen molar-refractivity contribution in [3.05, 3.63) is 24.4 Å². The zero-order valence-corrected chi connectivity index (χ0v) is 9.75. The van der Waals surface area contributed by atoms with Crippen LogP contribution >= 0.6 is 0 Å². The van der Waals surface area contributed by atoms with Crippen LogP contribution in [0.2, 0.25) is 0 Å². The van der Waals surface area contributed by atoms with Gasteiger partial charge in [-0.3, -0.25) is 0 Å². The number of carbonyl (C=O) groups excluding carboxylic acids is 1. The zero-order valence-electron chi connectivity index (χ0n) is 9.75. The molecule has 3 aliphatic rings. The summed E-state index contributed by atoms with van der Waals surface area (Å²) in [7, 11) is 0. The Hall–Kier alpha value is -1.49. The van der Waals surface area contributed by atoms with E-state index in [9.17, 15) is 4.79 Å². The first-order chi connectivity index (χ1) is 8.27. The smallest absolute Gasteiger partial charge is 0.315 e. The van der Waals surface area contributed by atoms with Crippen molar-refractivity contribution in [2.45, 2.75) is 24.5 Å². The number of carbonyl (C=O) groups is 1. The first-order valence-electron chi connectivity index (χ1n) is 6.16. The van der Waals surface area contributed by atoms with Gasteiger partial charge in [-0.15, -0.1) is 0 Å². The molecule has 92 valence electrons. The normalized spacial score (nSPS) is 35.4. The number of nitrogens with one attached hydrogen (secondary N) is 1. The second kappa shape index (κ2) is 4.07. The Morgan fingerprint density at radius 1 is 1.35 bits per heavy atom. The number of hydrogen-bond acceptors (Lipinski definition) is 3. The highest BCUT2D eigenvalue weighted by molar-refractivity contribution is 5.73. The van der Waals surface area contributed by atoms with E-state index in [1.54, 1.807) is 0 Å². The van der Waals surface area contributed by atoms with Crippen LogP contribution in [0.3, 0.4) is 0 Å². The molecule has 2 amide bonds. The Bertz CT molecular complexity index is 379. The number of piperidine rings is 1. The van der Waals surface area contributed by atoms with Gasteiger partial charge in [-0.25, -0.2) is 4.79 Å². The molecule has 2 fully saturated rings. The van der Waals surface area contributed by atoms with Gasteiger partial charge in [-0.2, -0.15) is 0 Å². The second-order valence-electron chi connectivity index (χ2n) is 4.86. The fraction of sp³-hybridized carbons (Fsp3) is 0.583. The van der Waals surface area contributed by atoms with E-state index in [0.717, 1.165) is 19.5 Å². The zero-order chi connectivity index (χ0) is 11.8. The molecule has 0 spiro atoms. The fourth-order valence-corrected chi connectivity index (χ4v) is 3.15. The van der Waals surface area contributed by atoms with Crippen LogP contribution in [0.5, 0.6) is 0 Å². The summed E-state index contributed by atoms with van der Waals surface area (Å²) in [5.41, 5.74) is 5.49. The van der Waals surface area contributed by atoms with Crippen molar-refractivity contribution < 1.29 is 4.79 Å². The molecule has 0 bridgehead atoms. The second-order valence-corrected chi connectivity index (χ2v) is 4.86. The van der Waals surface area contributed by atoms with E-state index < -0.39 is 0 Å². The van der Waals surface area contributed by atoms with Gasteiger partial charge < -0.3 is 20.9 Å². The summed E-state index contributed by atoms with van der Waals surface area (Å²) >= 11 is 0. The molecule has 3 heterocycles. The van der Waals surface area contributed by atoms with E-state index in [4.69, 9.17) is 5.73 Å². The Kier molecular flexibility index (Phi) is 2.55. The third kappa shape index (κ3) is 1.70. The molecule has 17 heavy (non-hydrogen) atoms. The van der Waals surface area contributed by atoms with E-state index in [1.807, 2.05) is 11.0 Å². The maximum Gasteiger partial charge on any atom is 0.315 e. The summed E-state index contributed by atoms with van der Waals surface area (Å²) in [5.74, 6) is 0. The van der Waals surface area contributed by atoms with Gasteiger partial charge >= 0.3 is 6.03 Å². The van der Waals surface area contributed by atoms with Crippen LogP contribution in [0, 0.1) is 0 Å². The van der Waals surface area contributed by atoms with Gasteiger partial charge in [-0.05, 0) is 19.0 Å². The average molecular weight is 234 g/mol. The minimum atomic E-state index is -0.300. The van der Waals surface area contributed by atoms with Gasteiger partial charge in [0.2, 0.25) is 0 Å². The van der Waals surface area contributed by atoms with Crippen LogP contribution < -0.4 is 11.1 Å². The number of rotatable bonds is 0. The van der Waals surface area contributed by atoms with Gasteiger partial charge in [0.05, 0.1) is 18.1 Å². The lowest BCUT2D eigenvalue weighted by atomic mass is 9.91. The SMILES string of the molecule is NC(=O)N1CC2C=CC=CN2C2CCNCC21. The van der Waals surface area contributed by atoms with Crippen molar-refractivity contribution in [1.29, 1.82) is 0 Å². The van der Waals surface area contributed by atoms with Crippen molar-refractivity contribution >= 4 is 6.03 Å². The number of urea groups is 1. The molecular weight excluding hydrogens is 216 g/mol. The highest BCUT2D eigenvalue weighted by atomic mass is 16.2. The number of amides is 2. The molecule has 3 atom stereocenters. The monoisotopic (exact) mass is 234 g/mol. The standard InChI is InChI=1S/C12H18N4O/c13-12(17)16-8-9-3-1-2-6-15(9)10-4-5-14-7-11(10)16/h1-3,6,9-11,14H,4-5,7-8H2,(H2,13,17). The topological polar surface area (TPSA) is 61.6 Å². The highest BCUT2D eigenvalue weighted by Gasteiger charge is 2.42. The average Bonchev–Trinajstić information content (AvgIpc) is 2.37. The summed E-state index contributed by atoms with van der Waals surface area (Å²) in [5, 5.41) is 3.35. The number of primary amides is 1. The lowest BCUT2D eigenvalue weighted by molar-refractivity contribution is 0.0307. The van der Waals surface area contributed by atoms with Crippen LogP contribution in [0.15, 0.2) is 24.4 Å². The molecule has 3 aliphatic heterocycles.